The van der Waals surface area contributed by atoms with Crippen LogP contribution in [-0.2, 0) is 0 Å². The van der Waals surface area contributed by atoms with Crippen LogP contribution in [-0.4, -0.2) is 0 Å². The highest BCUT2D eigenvalue weighted by atomic mass is 14.5. The highest BCUT2D eigenvalue weighted by Gasteiger charge is 1.82. The molecule has 0 aliphatic heterocycles. The van der Waals surface area contributed by atoms with Gasteiger partial charge in [-0.2, -0.15) is 0 Å². The van der Waals surface area contributed by atoms with E-state index in [1.54, 1.807) is 0 Å². The van der Waals surface area contributed by atoms with Crippen molar-refractivity contribution in [3.63, 3.8) is 0 Å². The molecule has 0 spiro atoms. The molecule has 0 aliphatic carbocycles. The van der Waals surface area contributed by atoms with Crippen LogP contribution in [0.1, 0.15) is 20.8 Å². The van der Waals surface area contributed by atoms with Gasteiger partial charge in [0.05, 0.1) is 0 Å². The summed E-state index contributed by atoms with van der Waals surface area (Å²) in [5.41, 5.74) is 8.39. The van der Waals surface area contributed by atoms with Crippen molar-refractivity contribution in [2.24, 2.45) is 5.73 Å². The zero-order chi connectivity index (χ0) is 8.15. The van der Waals surface area contributed by atoms with E-state index < -0.39 is 0 Å². The Kier molecular flexibility index (Phi) is 3.55. The predicted molar refractivity (Wildman–Crippen MR) is 46.5 cm³/mol. The maximum Gasteiger partial charge on any atom is 0.0243 e. The molecule has 0 bridgehead atoms. The molecular formula is C9H15N. The molecule has 0 rings (SSSR count). The van der Waals surface area contributed by atoms with Crippen molar-refractivity contribution < 1.29 is 0 Å². The second-order valence-corrected chi connectivity index (χ2v) is 2.68. The molecule has 1 nitrogen and oxygen atoms in total. The lowest BCUT2D eigenvalue weighted by molar-refractivity contribution is 1.33. The van der Waals surface area contributed by atoms with Crippen LogP contribution in [0.15, 0.2) is 35.6 Å². The fraction of sp³-hybridized carbons (Fsp3) is 0.333. The van der Waals surface area contributed by atoms with E-state index in [-0.39, 0.29) is 0 Å². The molecule has 0 heterocycles. The molecule has 1 heteroatoms. The average Bonchev–Trinajstić information content (AvgIpc) is 1.58. The van der Waals surface area contributed by atoms with Crippen LogP contribution in [0.3, 0.4) is 0 Å². The van der Waals surface area contributed by atoms with E-state index in [1.807, 2.05) is 13.0 Å². The molecule has 0 amide bonds. The summed E-state index contributed by atoms with van der Waals surface area (Å²) in [6.07, 6.45) is 3.92. The van der Waals surface area contributed by atoms with Crippen LogP contribution in [0.2, 0.25) is 0 Å². The topological polar surface area (TPSA) is 26.0 Å². The van der Waals surface area contributed by atoms with Crippen LogP contribution in [0.4, 0.5) is 0 Å². The lowest BCUT2D eigenvalue weighted by Gasteiger charge is -1.93. The first kappa shape index (κ1) is 9.02. The molecule has 0 radical (unpaired) electrons. The first-order chi connectivity index (χ1) is 4.52. The van der Waals surface area contributed by atoms with Crippen LogP contribution < -0.4 is 5.73 Å². The van der Waals surface area contributed by atoms with Crippen LogP contribution in [0, 0.1) is 0 Å². The SMILES string of the molecule is C=C(N)/C=C(/C)C=C(C)C. The van der Waals surface area contributed by atoms with Gasteiger partial charge in [0.2, 0.25) is 0 Å². The van der Waals surface area contributed by atoms with Gasteiger partial charge in [-0.3, -0.25) is 0 Å². The quantitative estimate of drug-likeness (QED) is 0.581. The summed E-state index contributed by atoms with van der Waals surface area (Å²) in [6, 6.07) is 0. The standard InChI is InChI=1S/C9H15N/c1-7(2)5-8(3)6-9(4)10/h5-6H,4,10H2,1-3H3/b8-6-. The third-order valence-electron chi connectivity index (χ3n) is 0.929. The van der Waals surface area contributed by atoms with Crippen molar-refractivity contribution >= 4 is 0 Å². The van der Waals surface area contributed by atoms with E-state index in [1.165, 1.54) is 5.57 Å². The van der Waals surface area contributed by atoms with Crippen LogP contribution >= 0.6 is 0 Å². The molecule has 0 atom stereocenters. The van der Waals surface area contributed by atoms with E-state index in [0.29, 0.717) is 5.70 Å². The maximum atomic E-state index is 5.37. The van der Waals surface area contributed by atoms with Crippen molar-refractivity contribution in [2.75, 3.05) is 0 Å². The summed E-state index contributed by atoms with van der Waals surface area (Å²) in [6.45, 7) is 9.68. The van der Waals surface area contributed by atoms with Crippen LogP contribution in [0.5, 0.6) is 0 Å². The maximum absolute atomic E-state index is 5.37. The van der Waals surface area contributed by atoms with Crippen molar-refractivity contribution in [3.8, 4) is 0 Å². The molecule has 0 aromatic carbocycles. The minimum atomic E-state index is 0.606. The molecule has 0 fully saturated rings. The smallest absolute Gasteiger partial charge is 0.0243 e. The Balaban J connectivity index is 4.22. The van der Waals surface area contributed by atoms with E-state index in [2.05, 4.69) is 26.5 Å². The lowest BCUT2D eigenvalue weighted by atomic mass is 10.2. The summed E-state index contributed by atoms with van der Waals surface area (Å²) in [7, 11) is 0. The minimum absolute atomic E-state index is 0.606. The fourth-order valence-corrected chi connectivity index (χ4v) is 0.789. The summed E-state index contributed by atoms with van der Waals surface area (Å²) in [5.74, 6) is 0. The van der Waals surface area contributed by atoms with E-state index >= 15 is 0 Å². The van der Waals surface area contributed by atoms with Crippen molar-refractivity contribution in [2.45, 2.75) is 20.8 Å². The predicted octanol–water partition coefficient (Wildman–Crippen LogP) is 2.37. The zero-order valence-electron chi connectivity index (χ0n) is 6.94. The van der Waals surface area contributed by atoms with Gasteiger partial charge in [0.25, 0.3) is 0 Å². The molecule has 56 valence electrons. The number of rotatable bonds is 2. The molecule has 0 unspecified atom stereocenters. The van der Waals surface area contributed by atoms with Crippen molar-refractivity contribution in [1.29, 1.82) is 0 Å². The molecule has 0 saturated heterocycles. The Morgan fingerprint density at radius 3 is 2.00 bits per heavy atom. The molecular weight excluding hydrogens is 122 g/mol. The highest BCUT2D eigenvalue weighted by Crippen LogP contribution is 2.01. The summed E-state index contributed by atoms with van der Waals surface area (Å²) < 4.78 is 0. The summed E-state index contributed by atoms with van der Waals surface area (Å²) >= 11 is 0. The number of allylic oxidation sites excluding steroid dienone is 4. The zero-order valence-corrected chi connectivity index (χ0v) is 6.94. The fourth-order valence-electron chi connectivity index (χ4n) is 0.789. The van der Waals surface area contributed by atoms with Gasteiger partial charge in [-0.15, -0.1) is 0 Å². The van der Waals surface area contributed by atoms with Crippen molar-refractivity contribution in [3.05, 3.63) is 35.6 Å². The van der Waals surface area contributed by atoms with Gasteiger partial charge in [0.15, 0.2) is 0 Å². The number of nitrogens with two attached hydrogens (primary N) is 1. The second-order valence-electron chi connectivity index (χ2n) is 2.68. The Morgan fingerprint density at radius 1 is 1.20 bits per heavy atom. The van der Waals surface area contributed by atoms with Gasteiger partial charge in [0.1, 0.15) is 0 Å². The average molecular weight is 137 g/mol. The van der Waals surface area contributed by atoms with Gasteiger partial charge in [0, 0.05) is 5.70 Å². The molecule has 2 N–H and O–H groups in total. The number of hydrogen-bond donors (Lipinski definition) is 1. The molecule has 0 aliphatic rings. The Morgan fingerprint density at radius 2 is 1.70 bits per heavy atom. The third-order valence-corrected chi connectivity index (χ3v) is 0.929. The Labute approximate surface area is 62.9 Å². The first-order valence-corrected chi connectivity index (χ1v) is 3.30. The molecule has 10 heavy (non-hydrogen) atoms. The van der Waals surface area contributed by atoms with Gasteiger partial charge in [-0.1, -0.05) is 18.2 Å². The minimum Gasteiger partial charge on any atom is -0.399 e. The van der Waals surface area contributed by atoms with Gasteiger partial charge in [-0.25, -0.2) is 0 Å². The molecule has 0 aromatic heterocycles. The second kappa shape index (κ2) is 3.94. The summed E-state index contributed by atoms with van der Waals surface area (Å²) in [4.78, 5) is 0. The van der Waals surface area contributed by atoms with Crippen LogP contribution in [0.25, 0.3) is 0 Å². The number of hydrogen-bond acceptors (Lipinski definition) is 1. The largest absolute Gasteiger partial charge is 0.399 e. The highest BCUT2D eigenvalue weighted by molar-refractivity contribution is 5.26. The van der Waals surface area contributed by atoms with Gasteiger partial charge in [-0.05, 0) is 32.4 Å². The van der Waals surface area contributed by atoms with E-state index in [0.717, 1.165) is 5.57 Å². The lowest BCUT2D eigenvalue weighted by Crippen LogP contribution is -1.89. The van der Waals surface area contributed by atoms with E-state index in [4.69, 9.17) is 5.73 Å². The molecule has 0 aromatic rings. The third kappa shape index (κ3) is 5.16. The first-order valence-electron chi connectivity index (χ1n) is 3.30. The Bertz CT molecular complexity index is 181. The Hall–Kier alpha value is -0.980. The monoisotopic (exact) mass is 137 g/mol. The van der Waals surface area contributed by atoms with Gasteiger partial charge >= 0.3 is 0 Å². The summed E-state index contributed by atoms with van der Waals surface area (Å²) in [5, 5.41) is 0. The van der Waals surface area contributed by atoms with Crippen molar-refractivity contribution in [1.82, 2.24) is 0 Å². The van der Waals surface area contributed by atoms with Gasteiger partial charge < -0.3 is 5.73 Å². The normalized spacial score (nSPS) is 10.9. The molecule has 0 saturated carbocycles. The van der Waals surface area contributed by atoms with E-state index in [9.17, 15) is 0 Å².